The first kappa shape index (κ1) is 19.6. The fourth-order valence-corrected chi connectivity index (χ4v) is 3.03. The zero-order valence-electron chi connectivity index (χ0n) is 15.5. The molecule has 3 aromatic rings. The van der Waals surface area contributed by atoms with E-state index in [2.05, 4.69) is 5.32 Å². The van der Waals surface area contributed by atoms with Crippen LogP contribution in [-0.4, -0.2) is 24.7 Å². The van der Waals surface area contributed by atoms with Gasteiger partial charge in [0.15, 0.2) is 0 Å². The number of methoxy groups -OCH3 is 2. The Morgan fingerprint density at radius 3 is 2.46 bits per heavy atom. The average molecular weight is 392 g/mol. The van der Waals surface area contributed by atoms with Crippen LogP contribution in [0.4, 0.5) is 18.9 Å². The molecule has 1 aromatic heterocycles. The molecule has 5 nitrogen and oxygen atoms in total. The fraction of sp³-hybridized carbons (Fsp3) is 0.250. The maximum absolute atomic E-state index is 13.2. The summed E-state index contributed by atoms with van der Waals surface area (Å²) in [7, 11) is 3.04. The number of benzene rings is 2. The molecule has 0 spiro atoms. The average Bonchev–Trinajstić information content (AvgIpc) is 3.09. The third kappa shape index (κ3) is 3.62. The molecule has 0 aliphatic rings. The van der Waals surface area contributed by atoms with Crippen molar-refractivity contribution in [2.75, 3.05) is 19.5 Å². The number of fused-ring (bicyclic) bond motifs is 1. The Labute approximate surface area is 159 Å². The van der Waals surface area contributed by atoms with E-state index in [0.29, 0.717) is 17.0 Å². The summed E-state index contributed by atoms with van der Waals surface area (Å²) >= 11 is 0. The van der Waals surface area contributed by atoms with Crippen LogP contribution in [-0.2, 0) is 11.0 Å². The Balaban J connectivity index is 1.95. The predicted octanol–water partition coefficient (Wildman–Crippen LogP) is 4.88. The van der Waals surface area contributed by atoms with Crippen LogP contribution in [0.5, 0.6) is 11.5 Å². The molecule has 0 aliphatic heterocycles. The quantitative estimate of drug-likeness (QED) is 0.674. The van der Waals surface area contributed by atoms with Crippen molar-refractivity contribution in [3.8, 4) is 11.5 Å². The van der Waals surface area contributed by atoms with Gasteiger partial charge in [0.05, 0.1) is 31.0 Å². The summed E-state index contributed by atoms with van der Waals surface area (Å²) in [6.45, 7) is 1.61. The highest BCUT2D eigenvalue weighted by Gasteiger charge is 2.34. The summed E-state index contributed by atoms with van der Waals surface area (Å²) in [5, 5.41) is 3.15. The van der Waals surface area contributed by atoms with Crippen molar-refractivity contribution in [2.45, 2.75) is 19.1 Å². The number of anilines is 1. The Kier molecular flexibility index (Phi) is 5.22. The lowest BCUT2D eigenvalue weighted by Gasteiger charge is -2.18. The summed E-state index contributed by atoms with van der Waals surface area (Å²) in [4.78, 5) is 12.7. The third-order valence-corrected chi connectivity index (χ3v) is 4.52. The van der Waals surface area contributed by atoms with E-state index in [-0.39, 0.29) is 5.69 Å². The summed E-state index contributed by atoms with van der Waals surface area (Å²) in [5.41, 5.74) is -0.502. The van der Waals surface area contributed by atoms with Gasteiger partial charge in [-0.3, -0.25) is 4.79 Å². The molecule has 0 saturated carbocycles. The lowest BCUT2D eigenvalue weighted by molar-refractivity contribution is -0.137. The van der Waals surface area contributed by atoms with Gasteiger partial charge in [-0.15, -0.1) is 0 Å². The van der Waals surface area contributed by atoms with Crippen molar-refractivity contribution < 1.29 is 27.4 Å². The smallest absolute Gasteiger partial charge is 0.418 e. The van der Waals surface area contributed by atoms with Crippen LogP contribution >= 0.6 is 0 Å². The van der Waals surface area contributed by atoms with Crippen molar-refractivity contribution in [1.82, 2.24) is 4.57 Å². The first-order chi connectivity index (χ1) is 13.3. The van der Waals surface area contributed by atoms with Gasteiger partial charge in [-0.05, 0) is 25.1 Å². The monoisotopic (exact) mass is 392 g/mol. The van der Waals surface area contributed by atoms with Crippen LogP contribution in [0, 0.1) is 0 Å². The zero-order valence-corrected chi connectivity index (χ0v) is 15.5. The van der Waals surface area contributed by atoms with Gasteiger partial charge in [-0.2, -0.15) is 13.2 Å². The van der Waals surface area contributed by atoms with E-state index in [1.54, 1.807) is 35.9 Å². The molecule has 0 radical (unpaired) electrons. The van der Waals surface area contributed by atoms with Crippen LogP contribution in [0.15, 0.2) is 48.7 Å². The number of para-hydroxylation sites is 1. The standard InChI is InChI=1S/C20H19F3N2O3/c1-12(19(26)24-16-7-5-4-6-15(16)20(21,22)23)25-9-8-14-17(25)10-13(27-2)11-18(14)28-3/h4-12H,1-3H3,(H,24,26). The molecular weight excluding hydrogens is 373 g/mol. The third-order valence-electron chi connectivity index (χ3n) is 4.52. The highest BCUT2D eigenvalue weighted by Crippen LogP contribution is 2.36. The number of alkyl halides is 3. The van der Waals surface area contributed by atoms with Crippen LogP contribution in [0.25, 0.3) is 10.9 Å². The van der Waals surface area contributed by atoms with Gasteiger partial charge < -0.3 is 19.4 Å². The first-order valence-corrected chi connectivity index (χ1v) is 8.46. The number of carbonyl (C=O) groups excluding carboxylic acids is 1. The first-order valence-electron chi connectivity index (χ1n) is 8.46. The van der Waals surface area contributed by atoms with E-state index < -0.39 is 23.7 Å². The van der Waals surface area contributed by atoms with Crippen molar-refractivity contribution in [3.63, 3.8) is 0 Å². The van der Waals surface area contributed by atoms with Gasteiger partial charge in [0.1, 0.15) is 17.5 Å². The fourth-order valence-electron chi connectivity index (χ4n) is 3.03. The highest BCUT2D eigenvalue weighted by molar-refractivity contribution is 5.96. The summed E-state index contributed by atoms with van der Waals surface area (Å²) < 4.78 is 51.8. The number of rotatable bonds is 5. The molecule has 1 heterocycles. The van der Waals surface area contributed by atoms with Gasteiger partial charge in [0.2, 0.25) is 5.91 Å². The molecule has 0 saturated heterocycles. The lowest BCUT2D eigenvalue weighted by Crippen LogP contribution is -2.24. The highest BCUT2D eigenvalue weighted by atomic mass is 19.4. The van der Waals surface area contributed by atoms with Crippen molar-refractivity contribution in [1.29, 1.82) is 0 Å². The molecule has 2 aromatic carbocycles. The summed E-state index contributed by atoms with van der Waals surface area (Å²) in [6.07, 6.45) is -2.87. The molecule has 0 fully saturated rings. The zero-order chi connectivity index (χ0) is 20.5. The number of amides is 1. The van der Waals surface area contributed by atoms with Crippen LogP contribution in [0.3, 0.4) is 0 Å². The Hall–Kier alpha value is -3.16. The summed E-state index contributed by atoms with van der Waals surface area (Å²) in [6, 6.07) is 9.35. The molecular formula is C20H19F3N2O3. The van der Waals surface area contributed by atoms with E-state index in [9.17, 15) is 18.0 Å². The minimum atomic E-state index is -4.56. The molecule has 0 aliphatic carbocycles. The number of hydrogen-bond donors (Lipinski definition) is 1. The predicted molar refractivity (Wildman–Crippen MR) is 99.8 cm³/mol. The molecule has 1 unspecified atom stereocenters. The molecule has 0 bridgehead atoms. The van der Waals surface area contributed by atoms with Gasteiger partial charge in [0, 0.05) is 23.7 Å². The van der Waals surface area contributed by atoms with E-state index >= 15 is 0 Å². The molecule has 1 amide bonds. The second-order valence-electron chi connectivity index (χ2n) is 6.19. The Bertz CT molecular complexity index is 1010. The maximum Gasteiger partial charge on any atom is 0.418 e. The minimum Gasteiger partial charge on any atom is -0.497 e. The second-order valence-corrected chi connectivity index (χ2v) is 6.19. The van der Waals surface area contributed by atoms with E-state index in [4.69, 9.17) is 9.47 Å². The molecule has 148 valence electrons. The normalized spacial score (nSPS) is 12.6. The Morgan fingerprint density at radius 2 is 1.82 bits per heavy atom. The molecule has 8 heteroatoms. The van der Waals surface area contributed by atoms with Gasteiger partial charge in [-0.25, -0.2) is 0 Å². The number of ether oxygens (including phenoxy) is 2. The van der Waals surface area contributed by atoms with E-state index in [1.807, 2.05) is 0 Å². The van der Waals surface area contributed by atoms with Gasteiger partial charge in [0.25, 0.3) is 0 Å². The van der Waals surface area contributed by atoms with Crippen molar-refractivity contribution >= 4 is 22.5 Å². The molecule has 3 rings (SSSR count). The summed E-state index contributed by atoms with van der Waals surface area (Å²) in [5.74, 6) is 0.540. The number of hydrogen-bond acceptors (Lipinski definition) is 3. The minimum absolute atomic E-state index is 0.279. The number of halogens is 3. The van der Waals surface area contributed by atoms with E-state index in [1.165, 1.54) is 32.4 Å². The SMILES string of the molecule is COc1cc(OC)c2ccn(C(C)C(=O)Nc3ccccc3C(F)(F)F)c2c1. The number of aromatic nitrogens is 1. The molecule has 1 N–H and O–H groups in total. The molecule has 28 heavy (non-hydrogen) atoms. The van der Waals surface area contributed by atoms with Gasteiger partial charge >= 0.3 is 6.18 Å². The number of nitrogens with one attached hydrogen (secondary N) is 1. The van der Waals surface area contributed by atoms with E-state index in [0.717, 1.165) is 11.5 Å². The topological polar surface area (TPSA) is 52.5 Å². The lowest BCUT2D eigenvalue weighted by atomic mass is 10.1. The van der Waals surface area contributed by atoms with Crippen molar-refractivity contribution in [3.05, 3.63) is 54.2 Å². The maximum atomic E-state index is 13.2. The number of nitrogens with zero attached hydrogens (tertiary/aromatic N) is 1. The molecule has 1 atom stereocenters. The largest absolute Gasteiger partial charge is 0.497 e. The second kappa shape index (κ2) is 7.46. The van der Waals surface area contributed by atoms with Gasteiger partial charge in [-0.1, -0.05) is 12.1 Å². The van der Waals surface area contributed by atoms with Crippen LogP contribution in [0.2, 0.25) is 0 Å². The number of carbonyl (C=O) groups is 1. The van der Waals surface area contributed by atoms with Crippen LogP contribution in [0.1, 0.15) is 18.5 Å². The Morgan fingerprint density at radius 1 is 1.11 bits per heavy atom. The van der Waals surface area contributed by atoms with Crippen LogP contribution < -0.4 is 14.8 Å². The van der Waals surface area contributed by atoms with Crippen molar-refractivity contribution in [2.24, 2.45) is 0 Å².